The van der Waals surface area contributed by atoms with Crippen LogP contribution in [0, 0.1) is 0 Å². The molecule has 0 radical (unpaired) electrons. The van der Waals surface area contributed by atoms with E-state index in [2.05, 4.69) is 20.8 Å². The van der Waals surface area contributed by atoms with Gasteiger partial charge in [0, 0.05) is 13.1 Å². The summed E-state index contributed by atoms with van der Waals surface area (Å²) in [5.41, 5.74) is 0.743. The second-order valence-electron chi connectivity index (χ2n) is 5.31. The average molecular weight is 408 g/mol. The minimum absolute atomic E-state index is 0.104. The Balaban J connectivity index is 1.48. The lowest BCUT2D eigenvalue weighted by molar-refractivity contribution is -0.125. The number of methoxy groups -OCH3 is 1. The zero-order valence-electron chi connectivity index (χ0n) is 14.3. The molecule has 27 heavy (non-hydrogen) atoms. The van der Waals surface area contributed by atoms with Crippen molar-refractivity contribution in [2.75, 3.05) is 31.7 Å². The summed E-state index contributed by atoms with van der Waals surface area (Å²) < 4.78 is 6.64. The second-order valence-corrected chi connectivity index (χ2v) is 7.18. The fourth-order valence-corrected chi connectivity index (χ4v) is 3.71. The van der Waals surface area contributed by atoms with Crippen LogP contribution in [-0.4, -0.2) is 73.9 Å². The van der Waals surface area contributed by atoms with Gasteiger partial charge in [0.2, 0.25) is 17.0 Å². The lowest BCUT2D eigenvalue weighted by Crippen LogP contribution is -2.38. The normalized spacial score (nSPS) is 13.9. The molecule has 3 rings (SSSR count). The molecule has 0 bridgehead atoms. The molecule has 0 unspecified atom stereocenters. The van der Waals surface area contributed by atoms with Gasteiger partial charge in [-0.15, -0.1) is 5.10 Å². The van der Waals surface area contributed by atoms with E-state index >= 15 is 0 Å². The molecule has 12 heteroatoms. The number of thioether (sulfide) groups is 2. The van der Waals surface area contributed by atoms with Crippen LogP contribution in [0.25, 0.3) is 5.69 Å². The van der Waals surface area contributed by atoms with E-state index in [0.29, 0.717) is 10.9 Å². The van der Waals surface area contributed by atoms with E-state index in [1.807, 2.05) is 0 Å². The lowest BCUT2D eigenvalue weighted by atomic mass is 10.3. The Labute approximate surface area is 163 Å². The first kappa shape index (κ1) is 19.2. The summed E-state index contributed by atoms with van der Waals surface area (Å²) in [6.45, 7) is 0.380. The third-order valence-electron chi connectivity index (χ3n) is 3.59. The first-order valence-corrected chi connectivity index (χ1v) is 9.85. The summed E-state index contributed by atoms with van der Waals surface area (Å²) in [6.07, 6.45) is 0. The van der Waals surface area contributed by atoms with Gasteiger partial charge in [0.25, 0.3) is 5.24 Å². The van der Waals surface area contributed by atoms with Crippen LogP contribution in [-0.2, 0) is 9.59 Å². The van der Waals surface area contributed by atoms with Crippen LogP contribution in [0.3, 0.4) is 0 Å². The maximum atomic E-state index is 12.0. The van der Waals surface area contributed by atoms with Crippen molar-refractivity contribution in [3.8, 4) is 11.4 Å². The van der Waals surface area contributed by atoms with Gasteiger partial charge >= 0.3 is 0 Å². The van der Waals surface area contributed by atoms with Crippen LogP contribution in [0.5, 0.6) is 5.75 Å². The van der Waals surface area contributed by atoms with E-state index in [9.17, 15) is 14.4 Å². The van der Waals surface area contributed by atoms with Crippen LogP contribution >= 0.6 is 23.5 Å². The molecule has 1 N–H and O–H groups in total. The van der Waals surface area contributed by atoms with Crippen molar-refractivity contribution in [3.63, 3.8) is 0 Å². The number of amides is 3. The van der Waals surface area contributed by atoms with Gasteiger partial charge in [-0.3, -0.25) is 19.3 Å². The van der Waals surface area contributed by atoms with Crippen LogP contribution < -0.4 is 10.1 Å². The predicted molar refractivity (Wildman–Crippen MR) is 99.0 cm³/mol. The molecule has 2 aromatic rings. The van der Waals surface area contributed by atoms with Gasteiger partial charge < -0.3 is 10.1 Å². The Kier molecular flexibility index (Phi) is 6.29. The highest BCUT2D eigenvalue weighted by Crippen LogP contribution is 2.20. The quantitative estimate of drug-likeness (QED) is 0.625. The van der Waals surface area contributed by atoms with Crippen molar-refractivity contribution in [1.82, 2.24) is 30.4 Å². The molecule has 142 valence electrons. The minimum Gasteiger partial charge on any atom is -0.497 e. The summed E-state index contributed by atoms with van der Waals surface area (Å²) in [6, 6.07) is 7.19. The van der Waals surface area contributed by atoms with Crippen molar-refractivity contribution in [1.29, 1.82) is 0 Å². The van der Waals surface area contributed by atoms with E-state index < -0.39 is 0 Å². The number of benzene rings is 1. The number of rotatable bonds is 8. The highest BCUT2D eigenvalue weighted by atomic mass is 32.2. The topological polar surface area (TPSA) is 119 Å². The van der Waals surface area contributed by atoms with Crippen molar-refractivity contribution >= 4 is 40.6 Å². The zero-order chi connectivity index (χ0) is 19.2. The van der Waals surface area contributed by atoms with Crippen LogP contribution in [0.4, 0.5) is 4.79 Å². The Morgan fingerprint density at radius 3 is 2.78 bits per heavy atom. The summed E-state index contributed by atoms with van der Waals surface area (Å²) in [5, 5.41) is 14.4. The summed E-state index contributed by atoms with van der Waals surface area (Å²) in [7, 11) is 1.58. The molecule has 0 spiro atoms. The molecule has 0 aliphatic carbocycles. The highest BCUT2D eigenvalue weighted by molar-refractivity contribution is 8.14. The second kappa shape index (κ2) is 8.86. The Hall–Kier alpha value is -2.60. The molecule has 1 aromatic carbocycles. The van der Waals surface area contributed by atoms with Gasteiger partial charge in [0.15, 0.2) is 0 Å². The number of imide groups is 1. The smallest absolute Gasteiger partial charge is 0.288 e. The maximum Gasteiger partial charge on any atom is 0.288 e. The third-order valence-corrected chi connectivity index (χ3v) is 5.37. The minimum atomic E-state index is -0.276. The van der Waals surface area contributed by atoms with Crippen molar-refractivity contribution < 1.29 is 19.1 Å². The first-order valence-electron chi connectivity index (χ1n) is 7.88. The molecule has 1 aromatic heterocycles. The summed E-state index contributed by atoms with van der Waals surface area (Å²) >= 11 is 2.15. The largest absolute Gasteiger partial charge is 0.497 e. The summed E-state index contributed by atoms with van der Waals surface area (Å²) in [4.78, 5) is 36.1. The molecule has 0 atom stereocenters. The van der Waals surface area contributed by atoms with Crippen LogP contribution in [0.2, 0.25) is 0 Å². The van der Waals surface area contributed by atoms with Gasteiger partial charge in [-0.25, -0.2) is 0 Å². The van der Waals surface area contributed by atoms with Gasteiger partial charge in [-0.2, -0.15) is 4.68 Å². The van der Waals surface area contributed by atoms with E-state index in [1.54, 1.807) is 31.4 Å². The Bertz CT molecular complexity index is 825. The predicted octanol–water partition coefficient (Wildman–Crippen LogP) is 0.575. The third kappa shape index (κ3) is 4.77. The number of ether oxygens (including phenoxy) is 1. The SMILES string of the molecule is COc1ccc(-n2nnnc2SCC(=O)NCCN2C(=O)CSC2=O)cc1. The fraction of sp³-hybridized carbons (Fsp3) is 0.333. The van der Waals surface area contributed by atoms with Crippen molar-refractivity contribution in [2.24, 2.45) is 0 Å². The zero-order valence-corrected chi connectivity index (χ0v) is 16.0. The number of nitrogens with zero attached hydrogens (tertiary/aromatic N) is 5. The standard InChI is InChI=1S/C15H16N6O4S2/c1-25-11-4-2-10(3-5-11)21-14(17-18-19-21)26-8-12(22)16-6-7-20-13(23)9-27-15(20)24/h2-5H,6-9H2,1H3,(H,16,22). The fourth-order valence-electron chi connectivity index (χ4n) is 2.24. The molecule has 1 aliphatic heterocycles. The molecular formula is C15H16N6O4S2. The van der Waals surface area contributed by atoms with Crippen molar-refractivity contribution in [2.45, 2.75) is 5.16 Å². The average Bonchev–Trinajstić information content (AvgIpc) is 3.28. The van der Waals surface area contributed by atoms with Crippen LogP contribution in [0.1, 0.15) is 0 Å². The van der Waals surface area contributed by atoms with Gasteiger partial charge in [0.1, 0.15) is 5.75 Å². The molecule has 3 amide bonds. The lowest BCUT2D eigenvalue weighted by Gasteiger charge is -2.12. The monoisotopic (exact) mass is 408 g/mol. The van der Waals surface area contributed by atoms with E-state index in [-0.39, 0.29) is 41.6 Å². The molecule has 2 heterocycles. The molecule has 1 aliphatic rings. The number of hydrogen-bond donors (Lipinski definition) is 1. The molecule has 10 nitrogen and oxygen atoms in total. The van der Waals surface area contributed by atoms with Crippen molar-refractivity contribution in [3.05, 3.63) is 24.3 Å². The van der Waals surface area contributed by atoms with E-state index in [4.69, 9.17) is 4.74 Å². The Morgan fingerprint density at radius 2 is 2.11 bits per heavy atom. The van der Waals surface area contributed by atoms with E-state index in [1.165, 1.54) is 16.4 Å². The van der Waals surface area contributed by atoms with Gasteiger partial charge in [-0.1, -0.05) is 23.5 Å². The summed E-state index contributed by atoms with van der Waals surface area (Å²) in [5.74, 6) is 0.515. The van der Waals surface area contributed by atoms with E-state index in [0.717, 1.165) is 22.3 Å². The maximum absolute atomic E-state index is 12.0. The van der Waals surface area contributed by atoms with Gasteiger partial charge in [-0.05, 0) is 34.7 Å². The Morgan fingerprint density at radius 1 is 1.33 bits per heavy atom. The molecule has 1 fully saturated rings. The number of aromatic nitrogens is 4. The molecule has 0 saturated carbocycles. The van der Waals surface area contributed by atoms with Crippen LogP contribution in [0.15, 0.2) is 29.4 Å². The van der Waals surface area contributed by atoms with Gasteiger partial charge in [0.05, 0.1) is 24.3 Å². The molecular weight excluding hydrogens is 392 g/mol. The number of nitrogens with one attached hydrogen (secondary N) is 1. The first-order chi connectivity index (χ1) is 13.1. The number of tetrazole rings is 1. The number of carbonyl (C=O) groups excluding carboxylic acids is 3. The molecule has 1 saturated heterocycles. The highest BCUT2D eigenvalue weighted by Gasteiger charge is 2.29. The number of carbonyl (C=O) groups is 3. The number of hydrogen-bond acceptors (Lipinski definition) is 9.